The molecular weight excluding hydrogens is 286 g/mol. The van der Waals surface area contributed by atoms with E-state index < -0.39 is 0 Å². The molecule has 2 aliphatic rings. The van der Waals surface area contributed by atoms with Gasteiger partial charge in [-0.2, -0.15) is 9.58 Å². The minimum atomic E-state index is 0.440. The first-order valence-electron chi connectivity index (χ1n) is 8.33. The third-order valence-electron chi connectivity index (χ3n) is 4.97. The smallest absolute Gasteiger partial charge is 0.220 e. The van der Waals surface area contributed by atoms with Gasteiger partial charge in [-0.1, -0.05) is 13.3 Å². The molecule has 4 rings (SSSR count). The number of aliphatic imine (C=N–C) groups is 1. The Labute approximate surface area is 136 Å². The zero-order valence-electron chi connectivity index (χ0n) is 13.7. The highest BCUT2D eigenvalue weighted by Crippen LogP contribution is 2.38. The molecule has 5 nitrogen and oxygen atoms in total. The van der Waals surface area contributed by atoms with Crippen molar-refractivity contribution in [3.63, 3.8) is 0 Å². The fourth-order valence-electron chi connectivity index (χ4n) is 3.29. The van der Waals surface area contributed by atoms with Crippen molar-refractivity contribution in [1.29, 1.82) is 0 Å². The van der Waals surface area contributed by atoms with Crippen LogP contribution in [0, 0.1) is 0 Å². The highest BCUT2D eigenvalue weighted by atomic mass is 15.7. The van der Waals surface area contributed by atoms with Crippen molar-refractivity contribution in [2.75, 3.05) is 12.5 Å². The molecule has 3 heterocycles. The summed E-state index contributed by atoms with van der Waals surface area (Å²) in [6.45, 7) is 2.20. The van der Waals surface area contributed by atoms with Crippen LogP contribution in [0.4, 0.5) is 17.1 Å². The largest absolute Gasteiger partial charge is 0.262 e. The van der Waals surface area contributed by atoms with Crippen molar-refractivity contribution in [1.82, 2.24) is 14.6 Å². The first-order valence-corrected chi connectivity index (χ1v) is 8.33. The van der Waals surface area contributed by atoms with Crippen molar-refractivity contribution in [2.45, 2.75) is 38.5 Å². The Morgan fingerprint density at radius 1 is 1.30 bits per heavy atom. The van der Waals surface area contributed by atoms with E-state index in [-0.39, 0.29) is 0 Å². The number of nitrogens with zero attached hydrogens (tertiary/aromatic N) is 4. The summed E-state index contributed by atoms with van der Waals surface area (Å²) in [6, 6.07) is 4.29. The van der Waals surface area contributed by atoms with Gasteiger partial charge in [-0.3, -0.25) is 9.97 Å². The standard InChI is InChI=1S/C18H22N5/c1-3-13-9-15(14-5-4-6-14)20-11-16(13)22-23(2)12-21-17-10-19-8-7-18(17)23/h7-12,14,22H,3-6H2,1-2H3/q+1. The molecule has 1 N–H and O–H groups in total. The van der Waals surface area contributed by atoms with Gasteiger partial charge in [-0.15, -0.1) is 0 Å². The summed E-state index contributed by atoms with van der Waals surface area (Å²) in [5, 5.41) is 0. The van der Waals surface area contributed by atoms with Crippen LogP contribution in [0.3, 0.4) is 0 Å². The monoisotopic (exact) mass is 308 g/mol. The van der Waals surface area contributed by atoms with E-state index in [9.17, 15) is 0 Å². The van der Waals surface area contributed by atoms with Gasteiger partial charge in [-0.25, -0.2) is 5.43 Å². The number of rotatable bonds is 4. The zero-order valence-corrected chi connectivity index (χ0v) is 13.7. The van der Waals surface area contributed by atoms with E-state index in [0.29, 0.717) is 10.5 Å². The maximum absolute atomic E-state index is 4.71. The quantitative estimate of drug-likeness (QED) is 0.870. The second-order valence-electron chi connectivity index (χ2n) is 6.54. The lowest BCUT2D eigenvalue weighted by Crippen LogP contribution is -2.47. The summed E-state index contributed by atoms with van der Waals surface area (Å²) in [6.07, 6.45) is 12.4. The number of aromatic nitrogens is 2. The summed E-state index contributed by atoms with van der Waals surface area (Å²) in [7, 11) is 2.09. The van der Waals surface area contributed by atoms with Crippen LogP contribution in [0.25, 0.3) is 0 Å². The lowest BCUT2D eigenvalue weighted by Gasteiger charge is -2.29. The van der Waals surface area contributed by atoms with Gasteiger partial charge < -0.3 is 0 Å². The molecule has 2 aromatic rings. The Balaban J connectivity index is 1.65. The Morgan fingerprint density at radius 2 is 2.17 bits per heavy atom. The van der Waals surface area contributed by atoms with E-state index in [1.807, 2.05) is 24.8 Å². The molecule has 1 aliphatic heterocycles. The van der Waals surface area contributed by atoms with Crippen molar-refractivity contribution in [3.05, 3.63) is 42.0 Å². The zero-order chi connectivity index (χ0) is 15.9. The lowest BCUT2D eigenvalue weighted by molar-refractivity contribution is 0.411. The maximum atomic E-state index is 4.71. The first-order chi connectivity index (χ1) is 11.2. The molecule has 0 bridgehead atoms. The normalized spacial score (nSPS) is 22.7. The molecule has 1 saturated carbocycles. The molecule has 0 amide bonds. The minimum absolute atomic E-state index is 0.440. The van der Waals surface area contributed by atoms with Crippen LogP contribution in [0.5, 0.6) is 0 Å². The number of hydrogen-bond acceptors (Lipinski definition) is 4. The number of hydrogen-bond donors (Lipinski definition) is 1. The Bertz CT molecular complexity index is 766. The highest BCUT2D eigenvalue weighted by molar-refractivity contribution is 5.89. The van der Waals surface area contributed by atoms with Gasteiger partial charge in [-0.05, 0) is 30.9 Å². The number of quaternary nitrogens is 1. The Hall–Kier alpha value is -2.27. The van der Waals surface area contributed by atoms with Crippen molar-refractivity contribution >= 4 is 23.4 Å². The summed E-state index contributed by atoms with van der Waals surface area (Å²) < 4.78 is 0.440. The Morgan fingerprint density at radius 3 is 2.91 bits per heavy atom. The fourth-order valence-corrected chi connectivity index (χ4v) is 3.29. The highest BCUT2D eigenvalue weighted by Gasteiger charge is 2.33. The average Bonchev–Trinajstić information content (AvgIpc) is 2.85. The lowest BCUT2D eigenvalue weighted by atomic mass is 9.82. The summed E-state index contributed by atoms with van der Waals surface area (Å²) in [4.78, 5) is 13.3. The second kappa shape index (κ2) is 5.42. The third kappa shape index (κ3) is 2.41. The minimum Gasteiger partial charge on any atom is -0.262 e. The number of pyridine rings is 2. The molecular formula is C18H22N5+. The van der Waals surface area contributed by atoms with Crippen LogP contribution in [-0.4, -0.2) is 23.4 Å². The molecule has 0 radical (unpaired) electrons. The summed E-state index contributed by atoms with van der Waals surface area (Å²) in [5.74, 6) is 0.666. The van der Waals surface area contributed by atoms with Gasteiger partial charge in [0, 0.05) is 23.9 Å². The van der Waals surface area contributed by atoms with E-state index in [1.165, 1.54) is 30.5 Å². The summed E-state index contributed by atoms with van der Waals surface area (Å²) in [5.41, 5.74) is 9.26. The molecule has 0 spiro atoms. The molecule has 1 fully saturated rings. The van der Waals surface area contributed by atoms with Crippen LogP contribution in [0.15, 0.2) is 35.7 Å². The van der Waals surface area contributed by atoms with Crippen LogP contribution < -0.4 is 10.0 Å². The van der Waals surface area contributed by atoms with Gasteiger partial charge in [0.1, 0.15) is 12.7 Å². The Kier molecular flexibility index (Phi) is 3.38. The van der Waals surface area contributed by atoms with Crippen molar-refractivity contribution in [3.8, 4) is 0 Å². The molecule has 1 aliphatic carbocycles. The van der Waals surface area contributed by atoms with E-state index in [4.69, 9.17) is 4.98 Å². The molecule has 5 heteroatoms. The SMILES string of the molecule is CCc1cc(C2CCC2)ncc1N[N+]1(C)C=Nc2cnccc21. The molecule has 23 heavy (non-hydrogen) atoms. The first kappa shape index (κ1) is 14.3. The number of fused-ring (bicyclic) bond motifs is 1. The number of anilines is 1. The van der Waals surface area contributed by atoms with E-state index in [0.717, 1.165) is 23.5 Å². The van der Waals surface area contributed by atoms with Gasteiger partial charge in [0.25, 0.3) is 0 Å². The van der Waals surface area contributed by atoms with E-state index in [1.54, 1.807) is 6.20 Å². The maximum Gasteiger partial charge on any atom is 0.220 e. The topological polar surface area (TPSA) is 50.2 Å². The summed E-state index contributed by atoms with van der Waals surface area (Å²) >= 11 is 0. The van der Waals surface area contributed by atoms with Gasteiger partial charge in [0.05, 0.1) is 12.4 Å². The molecule has 118 valence electrons. The molecule has 1 atom stereocenters. The third-order valence-corrected chi connectivity index (χ3v) is 4.97. The van der Waals surface area contributed by atoms with E-state index in [2.05, 4.69) is 35.4 Å². The van der Waals surface area contributed by atoms with E-state index >= 15 is 0 Å². The van der Waals surface area contributed by atoms with Crippen LogP contribution in [-0.2, 0) is 6.42 Å². The van der Waals surface area contributed by atoms with Crippen LogP contribution >= 0.6 is 0 Å². The van der Waals surface area contributed by atoms with Crippen LogP contribution in [0.2, 0.25) is 0 Å². The fraction of sp³-hybridized carbons (Fsp3) is 0.389. The van der Waals surface area contributed by atoms with Gasteiger partial charge in [0.15, 0.2) is 11.4 Å². The number of nitrogens with one attached hydrogen (secondary N) is 1. The van der Waals surface area contributed by atoms with Crippen LogP contribution in [0.1, 0.15) is 43.4 Å². The molecule has 2 aromatic heterocycles. The van der Waals surface area contributed by atoms with Gasteiger partial charge in [0.2, 0.25) is 6.34 Å². The van der Waals surface area contributed by atoms with Crippen molar-refractivity contribution in [2.24, 2.45) is 4.99 Å². The van der Waals surface area contributed by atoms with Crippen molar-refractivity contribution < 1.29 is 0 Å². The molecule has 0 saturated heterocycles. The second-order valence-corrected chi connectivity index (χ2v) is 6.54. The predicted octanol–water partition coefficient (Wildman–Crippen LogP) is 3.94. The average molecular weight is 308 g/mol. The number of aryl methyl sites for hydroxylation is 1. The molecule has 0 aromatic carbocycles. The van der Waals surface area contributed by atoms with Gasteiger partial charge >= 0.3 is 0 Å². The predicted molar refractivity (Wildman–Crippen MR) is 93.9 cm³/mol. The molecule has 1 unspecified atom stereocenters.